The van der Waals surface area contributed by atoms with E-state index in [2.05, 4.69) is 21.2 Å². The summed E-state index contributed by atoms with van der Waals surface area (Å²) < 4.78 is 5.94. The summed E-state index contributed by atoms with van der Waals surface area (Å²) in [6, 6.07) is 4.33. The minimum atomic E-state index is -0.534. The van der Waals surface area contributed by atoms with Crippen LogP contribution in [0.15, 0.2) is 22.7 Å². The third kappa shape index (κ3) is 2.90. The van der Waals surface area contributed by atoms with Gasteiger partial charge in [-0.3, -0.25) is 14.5 Å². The Bertz CT molecular complexity index is 574. The topological polar surface area (TPSA) is 58.6 Å². The Hall–Kier alpha value is -1.56. The van der Waals surface area contributed by atoms with E-state index in [0.29, 0.717) is 11.4 Å². The van der Waals surface area contributed by atoms with Crippen molar-refractivity contribution in [3.63, 3.8) is 0 Å². The zero-order valence-electron chi connectivity index (χ0n) is 12.5. The molecule has 1 aromatic rings. The number of hydrogen-bond acceptors (Lipinski definition) is 3. The molecule has 1 heterocycles. The molecule has 2 unspecified atom stereocenters. The van der Waals surface area contributed by atoms with Crippen molar-refractivity contribution in [2.45, 2.75) is 32.9 Å². The highest BCUT2D eigenvalue weighted by atomic mass is 79.9. The van der Waals surface area contributed by atoms with Gasteiger partial charge < -0.3 is 10.1 Å². The van der Waals surface area contributed by atoms with Crippen LogP contribution in [0, 0.1) is 5.92 Å². The van der Waals surface area contributed by atoms with E-state index in [-0.39, 0.29) is 17.7 Å². The van der Waals surface area contributed by atoms with Crippen LogP contribution in [0.3, 0.4) is 0 Å². The molecule has 6 heteroatoms. The van der Waals surface area contributed by atoms with Crippen molar-refractivity contribution in [2.75, 3.05) is 12.0 Å². The number of anilines is 1. The summed E-state index contributed by atoms with van der Waals surface area (Å²) in [5.74, 6) is 0.494. The van der Waals surface area contributed by atoms with Gasteiger partial charge in [0.2, 0.25) is 5.91 Å². The molecule has 1 N–H and O–H groups in total. The Kier molecular flexibility index (Phi) is 4.56. The van der Waals surface area contributed by atoms with E-state index < -0.39 is 12.1 Å². The number of ether oxygens (including phenoxy) is 1. The van der Waals surface area contributed by atoms with Crippen molar-refractivity contribution >= 4 is 33.4 Å². The van der Waals surface area contributed by atoms with Gasteiger partial charge in [0.1, 0.15) is 17.8 Å². The van der Waals surface area contributed by atoms with Crippen molar-refractivity contribution in [1.82, 2.24) is 5.32 Å². The van der Waals surface area contributed by atoms with Crippen LogP contribution in [-0.4, -0.2) is 31.0 Å². The standard InChI is InChI=1S/C15H19BrN2O3/c1-8(2)13-15(20)18(9(3)14(19)17-13)10-5-6-12(21-4)11(16)7-10/h5-9,13H,1-4H3,(H,17,19). The van der Waals surface area contributed by atoms with Gasteiger partial charge in [0.15, 0.2) is 0 Å². The van der Waals surface area contributed by atoms with Gasteiger partial charge in [-0.25, -0.2) is 0 Å². The summed E-state index contributed by atoms with van der Waals surface area (Å²) in [4.78, 5) is 26.3. The second kappa shape index (κ2) is 6.05. The van der Waals surface area contributed by atoms with E-state index in [4.69, 9.17) is 4.74 Å². The maximum atomic E-state index is 12.7. The molecule has 0 spiro atoms. The Balaban J connectivity index is 2.41. The molecule has 0 aromatic heterocycles. The third-order valence-corrected chi connectivity index (χ3v) is 4.27. The number of piperazine rings is 1. The summed E-state index contributed by atoms with van der Waals surface area (Å²) >= 11 is 3.41. The summed E-state index contributed by atoms with van der Waals surface area (Å²) in [5, 5.41) is 2.79. The van der Waals surface area contributed by atoms with Gasteiger partial charge >= 0.3 is 0 Å². The van der Waals surface area contributed by atoms with Crippen LogP contribution in [0.5, 0.6) is 5.75 Å². The van der Waals surface area contributed by atoms with Crippen molar-refractivity contribution in [2.24, 2.45) is 5.92 Å². The summed E-state index contributed by atoms with van der Waals surface area (Å²) in [6.07, 6.45) is 0. The van der Waals surface area contributed by atoms with E-state index in [1.54, 1.807) is 37.1 Å². The van der Waals surface area contributed by atoms with Crippen LogP contribution >= 0.6 is 15.9 Å². The number of nitrogens with one attached hydrogen (secondary N) is 1. The lowest BCUT2D eigenvalue weighted by Gasteiger charge is -2.38. The third-order valence-electron chi connectivity index (χ3n) is 3.65. The molecule has 0 radical (unpaired) electrons. The molecule has 0 bridgehead atoms. The summed E-state index contributed by atoms with van der Waals surface area (Å²) in [7, 11) is 1.58. The zero-order chi connectivity index (χ0) is 15.7. The first kappa shape index (κ1) is 15.8. The second-order valence-corrected chi connectivity index (χ2v) is 6.29. The average molecular weight is 355 g/mol. The molecule has 2 rings (SSSR count). The summed E-state index contributed by atoms with van der Waals surface area (Å²) in [5.41, 5.74) is 0.681. The monoisotopic (exact) mass is 354 g/mol. The molecular weight excluding hydrogens is 336 g/mol. The zero-order valence-corrected chi connectivity index (χ0v) is 14.1. The normalized spacial score (nSPS) is 22.5. The fourth-order valence-corrected chi connectivity index (χ4v) is 2.93. The van der Waals surface area contributed by atoms with Gasteiger partial charge in [-0.05, 0) is 47.0 Å². The van der Waals surface area contributed by atoms with E-state index in [1.807, 2.05) is 13.8 Å². The summed E-state index contributed by atoms with van der Waals surface area (Å²) in [6.45, 7) is 5.56. The maximum absolute atomic E-state index is 12.7. The predicted octanol–water partition coefficient (Wildman–Crippen LogP) is 2.33. The molecule has 21 heavy (non-hydrogen) atoms. The largest absolute Gasteiger partial charge is 0.496 e. The van der Waals surface area contributed by atoms with E-state index >= 15 is 0 Å². The first-order valence-corrected chi connectivity index (χ1v) is 7.63. The molecule has 1 aliphatic rings. The Morgan fingerprint density at radius 2 is 2.00 bits per heavy atom. The first-order chi connectivity index (χ1) is 9.86. The highest BCUT2D eigenvalue weighted by Crippen LogP contribution is 2.32. The van der Waals surface area contributed by atoms with Crippen molar-refractivity contribution < 1.29 is 14.3 Å². The predicted molar refractivity (Wildman–Crippen MR) is 84.4 cm³/mol. The molecule has 1 aromatic carbocycles. The van der Waals surface area contributed by atoms with Gasteiger partial charge in [0.25, 0.3) is 5.91 Å². The first-order valence-electron chi connectivity index (χ1n) is 6.83. The molecule has 2 atom stereocenters. The van der Waals surface area contributed by atoms with Gasteiger partial charge in [-0.2, -0.15) is 0 Å². The smallest absolute Gasteiger partial charge is 0.250 e. The van der Waals surface area contributed by atoms with Gasteiger partial charge in [-0.1, -0.05) is 13.8 Å². The van der Waals surface area contributed by atoms with Crippen LogP contribution in [0.1, 0.15) is 20.8 Å². The number of nitrogens with zero attached hydrogens (tertiary/aromatic N) is 1. The lowest BCUT2D eigenvalue weighted by molar-refractivity contribution is -0.134. The molecule has 0 saturated carbocycles. The maximum Gasteiger partial charge on any atom is 0.250 e. The minimum absolute atomic E-state index is 0.0399. The highest BCUT2D eigenvalue weighted by Gasteiger charge is 2.40. The SMILES string of the molecule is COc1ccc(N2C(=O)C(C(C)C)NC(=O)C2C)cc1Br. The number of carbonyl (C=O) groups excluding carboxylic acids is 2. The van der Waals surface area contributed by atoms with Gasteiger partial charge in [0.05, 0.1) is 11.6 Å². The van der Waals surface area contributed by atoms with Crippen LogP contribution < -0.4 is 15.0 Å². The van der Waals surface area contributed by atoms with Crippen molar-refractivity contribution in [1.29, 1.82) is 0 Å². The fraction of sp³-hybridized carbons (Fsp3) is 0.467. The molecule has 114 valence electrons. The number of halogens is 1. The number of carbonyl (C=O) groups is 2. The van der Waals surface area contributed by atoms with Crippen molar-refractivity contribution in [3.8, 4) is 5.75 Å². The highest BCUT2D eigenvalue weighted by molar-refractivity contribution is 9.10. The van der Waals surface area contributed by atoms with Gasteiger partial charge in [-0.15, -0.1) is 0 Å². The van der Waals surface area contributed by atoms with Crippen molar-refractivity contribution in [3.05, 3.63) is 22.7 Å². The van der Waals surface area contributed by atoms with E-state index in [0.717, 1.165) is 4.47 Å². The average Bonchev–Trinajstić information content (AvgIpc) is 2.43. The lowest BCUT2D eigenvalue weighted by Crippen LogP contribution is -2.64. The number of benzene rings is 1. The van der Waals surface area contributed by atoms with Crippen LogP contribution in [0.2, 0.25) is 0 Å². The molecule has 5 nitrogen and oxygen atoms in total. The molecular formula is C15H19BrN2O3. The molecule has 1 fully saturated rings. The molecule has 0 aliphatic carbocycles. The van der Waals surface area contributed by atoms with Crippen LogP contribution in [-0.2, 0) is 9.59 Å². The quantitative estimate of drug-likeness (QED) is 0.906. The number of rotatable bonds is 3. The Labute approximate surface area is 132 Å². The van der Waals surface area contributed by atoms with Crippen LogP contribution in [0.4, 0.5) is 5.69 Å². The van der Waals surface area contributed by atoms with E-state index in [9.17, 15) is 9.59 Å². The van der Waals surface area contributed by atoms with Crippen LogP contribution in [0.25, 0.3) is 0 Å². The number of methoxy groups -OCH3 is 1. The Morgan fingerprint density at radius 1 is 1.33 bits per heavy atom. The minimum Gasteiger partial charge on any atom is -0.496 e. The fourth-order valence-electron chi connectivity index (χ4n) is 2.40. The number of amides is 2. The Morgan fingerprint density at radius 3 is 2.52 bits per heavy atom. The lowest BCUT2D eigenvalue weighted by atomic mass is 9.98. The molecule has 1 saturated heterocycles. The van der Waals surface area contributed by atoms with E-state index in [1.165, 1.54) is 0 Å². The molecule has 1 aliphatic heterocycles. The second-order valence-electron chi connectivity index (χ2n) is 5.43. The van der Waals surface area contributed by atoms with Gasteiger partial charge in [0, 0.05) is 5.69 Å². The molecule has 2 amide bonds. The number of hydrogen-bond donors (Lipinski definition) is 1.